The first-order valence-electron chi connectivity index (χ1n) is 13.5. The summed E-state index contributed by atoms with van der Waals surface area (Å²) in [6, 6.07) is 18.8. The van der Waals surface area contributed by atoms with E-state index in [9.17, 15) is 13.6 Å². The van der Waals surface area contributed by atoms with Gasteiger partial charge in [0.25, 0.3) is 5.91 Å². The second-order valence-electron chi connectivity index (χ2n) is 10.3. The largest absolute Gasteiger partial charge is 0.454 e. The van der Waals surface area contributed by atoms with E-state index in [1.165, 1.54) is 35.6 Å². The molecule has 1 fully saturated rings. The molecule has 10 heteroatoms. The van der Waals surface area contributed by atoms with Gasteiger partial charge in [0.1, 0.15) is 22.3 Å². The number of nitrogens with zero attached hydrogens (tertiary/aromatic N) is 4. The summed E-state index contributed by atoms with van der Waals surface area (Å²) in [6.07, 6.45) is 0. The lowest BCUT2D eigenvalue weighted by atomic mass is 10.1. The maximum atomic E-state index is 13.4. The van der Waals surface area contributed by atoms with Crippen molar-refractivity contribution < 1.29 is 23.0 Å². The van der Waals surface area contributed by atoms with Crippen molar-refractivity contribution in [3.63, 3.8) is 0 Å². The molecular formula is C31H30F2N4O3S. The quantitative estimate of drug-likeness (QED) is 0.269. The molecule has 0 radical (unpaired) electrons. The minimum absolute atomic E-state index is 0.0566. The zero-order chi connectivity index (χ0) is 28.2. The van der Waals surface area contributed by atoms with Crippen LogP contribution in [0.5, 0.6) is 11.5 Å². The van der Waals surface area contributed by atoms with Crippen LogP contribution in [0.15, 0.2) is 72.1 Å². The topological polar surface area (TPSA) is 58.1 Å². The molecule has 1 saturated heterocycles. The number of piperazine rings is 1. The van der Waals surface area contributed by atoms with E-state index < -0.39 is 0 Å². The Kier molecular flexibility index (Phi) is 8.22. The first kappa shape index (κ1) is 27.3. The maximum absolute atomic E-state index is 13.4. The molecular weight excluding hydrogens is 546 g/mol. The highest BCUT2D eigenvalue weighted by molar-refractivity contribution is 7.09. The van der Waals surface area contributed by atoms with Crippen molar-refractivity contribution in [1.29, 1.82) is 0 Å². The van der Waals surface area contributed by atoms with E-state index in [1.807, 2.05) is 22.4 Å². The van der Waals surface area contributed by atoms with Crippen LogP contribution < -0.4 is 9.47 Å². The third-order valence-corrected chi connectivity index (χ3v) is 8.10. The van der Waals surface area contributed by atoms with Crippen molar-refractivity contribution in [1.82, 2.24) is 19.7 Å². The van der Waals surface area contributed by atoms with Gasteiger partial charge >= 0.3 is 0 Å². The third-order valence-electron chi connectivity index (χ3n) is 7.27. The summed E-state index contributed by atoms with van der Waals surface area (Å²) in [5.74, 6) is 0.940. The number of fused-ring (bicyclic) bond motifs is 1. The summed E-state index contributed by atoms with van der Waals surface area (Å²) >= 11 is 1.46. The SMILES string of the molecule is O=C(c1csc(CN(Cc2ccc(F)cc2)Cc2ccc(F)cc2)n1)N1CCN(Cc2ccc3c(c2)OCO3)CC1. The fourth-order valence-electron chi connectivity index (χ4n) is 5.11. The Morgan fingerprint density at radius 1 is 0.805 bits per heavy atom. The van der Waals surface area contributed by atoms with Gasteiger partial charge in [-0.1, -0.05) is 30.3 Å². The number of hydrogen-bond acceptors (Lipinski definition) is 7. The van der Waals surface area contributed by atoms with Crippen LogP contribution in [0.1, 0.15) is 32.2 Å². The molecule has 0 spiro atoms. The van der Waals surface area contributed by atoms with Crippen LogP contribution in [-0.4, -0.2) is 58.6 Å². The summed E-state index contributed by atoms with van der Waals surface area (Å²) in [5, 5.41) is 2.64. The summed E-state index contributed by atoms with van der Waals surface area (Å²) in [7, 11) is 0. The Morgan fingerprint density at radius 3 is 2.07 bits per heavy atom. The van der Waals surface area contributed by atoms with Crippen LogP contribution in [0.25, 0.3) is 0 Å². The number of hydrogen-bond donors (Lipinski definition) is 0. The van der Waals surface area contributed by atoms with Crippen LogP contribution in [0.3, 0.4) is 0 Å². The first-order valence-corrected chi connectivity index (χ1v) is 14.4. The summed E-state index contributed by atoms with van der Waals surface area (Å²) < 4.78 is 37.8. The van der Waals surface area contributed by atoms with Crippen molar-refractivity contribution in [2.75, 3.05) is 33.0 Å². The highest BCUT2D eigenvalue weighted by Crippen LogP contribution is 2.33. The molecule has 212 valence electrons. The Morgan fingerprint density at radius 2 is 1.41 bits per heavy atom. The molecule has 6 rings (SSSR count). The van der Waals surface area contributed by atoms with E-state index in [2.05, 4.69) is 20.9 Å². The van der Waals surface area contributed by atoms with E-state index in [0.29, 0.717) is 38.4 Å². The van der Waals surface area contributed by atoms with Crippen molar-refractivity contribution in [3.8, 4) is 11.5 Å². The van der Waals surface area contributed by atoms with Gasteiger partial charge in [-0.25, -0.2) is 13.8 Å². The molecule has 0 atom stereocenters. The van der Waals surface area contributed by atoms with Gasteiger partial charge in [0.2, 0.25) is 6.79 Å². The number of ether oxygens (including phenoxy) is 2. The molecule has 3 heterocycles. The maximum Gasteiger partial charge on any atom is 0.273 e. The molecule has 0 unspecified atom stereocenters. The monoisotopic (exact) mass is 576 g/mol. The average molecular weight is 577 g/mol. The highest BCUT2D eigenvalue weighted by Gasteiger charge is 2.25. The van der Waals surface area contributed by atoms with E-state index in [0.717, 1.165) is 52.8 Å². The Hall–Kier alpha value is -3.86. The number of thiazole rings is 1. The number of halogens is 2. The number of carbonyl (C=O) groups excluding carboxylic acids is 1. The summed E-state index contributed by atoms with van der Waals surface area (Å²) in [4.78, 5) is 24.3. The van der Waals surface area contributed by atoms with Crippen molar-refractivity contribution in [2.45, 2.75) is 26.2 Å². The van der Waals surface area contributed by atoms with Gasteiger partial charge in [-0.3, -0.25) is 14.6 Å². The Labute approximate surface area is 241 Å². The standard InChI is InChI=1S/C31H30F2N4O3S/c32-25-6-1-22(2-7-25)16-36(17-23-3-8-26(33)9-4-23)19-30-34-27(20-41-30)31(38)37-13-11-35(12-14-37)18-24-5-10-28-29(15-24)40-21-39-28/h1-10,15,20H,11-14,16-19,21H2. The molecule has 0 saturated carbocycles. The zero-order valence-corrected chi connectivity index (χ0v) is 23.3. The summed E-state index contributed by atoms with van der Waals surface area (Å²) in [6.45, 7) is 5.51. The second kappa shape index (κ2) is 12.3. The van der Waals surface area contributed by atoms with E-state index in [4.69, 9.17) is 9.47 Å². The van der Waals surface area contributed by atoms with Gasteiger partial charge in [-0.15, -0.1) is 11.3 Å². The molecule has 1 aromatic heterocycles. The van der Waals surface area contributed by atoms with Gasteiger partial charge in [0, 0.05) is 51.2 Å². The molecule has 0 bridgehead atoms. The minimum atomic E-state index is -0.282. The van der Waals surface area contributed by atoms with Crippen molar-refractivity contribution in [2.24, 2.45) is 0 Å². The smallest absolute Gasteiger partial charge is 0.273 e. The molecule has 4 aromatic rings. The number of carbonyl (C=O) groups is 1. The molecule has 7 nitrogen and oxygen atoms in total. The fourth-order valence-corrected chi connectivity index (χ4v) is 5.91. The normalized spacial score (nSPS) is 15.0. The minimum Gasteiger partial charge on any atom is -0.454 e. The number of amides is 1. The molecule has 2 aliphatic rings. The summed E-state index contributed by atoms with van der Waals surface area (Å²) in [5.41, 5.74) is 3.53. The zero-order valence-electron chi connectivity index (χ0n) is 22.5. The van der Waals surface area contributed by atoms with Crippen LogP contribution >= 0.6 is 11.3 Å². The molecule has 0 aliphatic carbocycles. The van der Waals surface area contributed by atoms with E-state index in [-0.39, 0.29) is 24.3 Å². The van der Waals surface area contributed by atoms with Crippen LogP contribution in [-0.2, 0) is 26.2 Å². The van der Waals surface area contributed by atoms with Gasteiger partial charge < -0.3 is 14.4 Å². The predicted molar refractivity (Wildman–Crippen MR) is 152 cm³/mol. The number of benzene rings is 3. The molecule has 0 N–H and O–H groups in total. The van der Waals surface area contributed by atoms with E-state index >= 15 is 0 Å². The third kappa shape index (κ3) is 6.90. The fraction of sp³-hybridized carbons (Fsp3) is 0.290. The molecule has 41 heavy (non-hydrogen) atoms. The van der Waals surface area contributed by atoms with Gasteiger partial charge in [-0.2, -0.15) is 0 Å². The lowest BCUT2D eigenvalue weighted by Crippen LogP contribution is -2.48. The molecule has 1 amide bonds. The van der Waals surface area contributed by atoms with Crippen LogP contribution in [0.4, 0.5) is 8.78 Å². The number of rotatable bonds is 9. The van der Waals surface area contributed by atoms with Gasteiger partial charge in [0.15, 0.2) is 11.5 Å². The highest BCUT2D eigenvalue weighted by atomic mass is 32.1. The van der Waals surface area contributed by atoms with E-state index in [1.54, 1.807) is 24.3 Å². The van der Waals surface area contributed by atoms with Gasteiger partial charge in [-0.05, 0) is 53.1 Å². The average Bonchev–Trinajstić information content (AvgIpc) is 3.65. The lowest BCUT2D eigenvalue weighted by molar-refractivity contribution is 0.0623. The molecule has 3 aromatic carbocycles. The second-order valence-corrected chi connectivity index (χ2v) is 11.2. The Bertz CT molecular complexity index is 1440. The predicted octanol–water partition coefficient (Wildman–Crippen LogP) is 5.31. The van der Waals surface area contributed by atoms with Crippen molar-refractivity contribution >= 4 is 17.2 Å². The lowest BCUT2D eigenvalue weighted by Gasteiger charge is -2.34. The molecule has 2 aliphatic heterocycles. The van der Waals surface area contributed by atoms with Crippen LogP contribution in [0.2, 0.25) is 0 Å². The Balaban J connectivity index is 1.06. The van der Waals surface area contributed by atoms with Crippen molar-refractivity contribution in [3.05, 3.63) is 111 Å². The number of aromatic nitrogens is 1. The van der Waals surface area contributed by atoms with Crippen LogP contribution in [0, 0.1) is 11.6 Å². The van der Waals surface area contributed by atoms with Gasteiger partial charge in [0.05, 0.1) is 6.54 Å². The first-order chi connectivity index (χ1) is 20.0.